The zero-order valence-electron chi connectivity index (χ0n) is 19.3. The molecule has 1 atom stereocenters. The smallest absolute Gasteiger partial charge is 0.320 e. The molecule has 1 aromatic heterocycles. The number of carbonyl (C=O) groups is 1. The van der Waals surface area contributed by atoms with Crippen LogP contribution in [0.1, 0.15) is 56.6 Å². The highest BCUT2D eigenvalue weighted by Crippen LogP contribution is 2.38. The zero-order chi connectivity index (χ0) is 24.9. The summed E-state index contributed by atoms with van der Waals surface area (Å²) in [6.07, 6.45) is 5.35. The number of benzene rings is 1. The van der Waals surface area contributed by atoms with Crippen LogP contribution in [-0.2, 0) is 0 Å². The molecule has 188 valence electrons. The van der Waals surface area contributed by atoms with Crippen LogP contribution in [0.15, 0.2) is 30.3 Å². The molecule has 1 saturated carbocycles. The molecule has 1 unspecified atom stereocenters. The first-order valence-corrected chi connectivity index (χ1v) is 11.9. The highest BCUT2D eigenvalue weighted by Gasteiger charge is 2.31. The van der Waals surface area contributed by atoms with Crippen molar-refractivity contribution in [2.45, 2.75) is 57.0 Å². The number of carbonyl (C=O) groups excluding carboxylic acids is 1. The summed E-state index contributed by atoms with van der Waals surface area (Å²) in [5.74, 6) is -0.506. The fourth-order valence-corrected chi connectivity index (χ4v) is 5.08. The van der Waals surface area contributed by atoms with Gasteiger partial charge in [0.25, 0.3) is 0 Å². The molecule has 9 nitrogen and oxygen atoms in total. The van der Waals surface area contributed by atoms with Crippen LogP contribution in [-0.4, -0.2) is 40.2 Å². The van der Waals surface area contributed by atoms with Crippen LogP contribution in [0, 0.1) is 27.7 Å². The Kier molecular flexibility index (Phi) is 7.74. The largest absolute Gasteiger partial charge is 0.396 e. The summed E-state index contributed by atoms with van der Waals surface area (Å²) in [5, 5.41) is 26.0. The van der Waals surface area contributed by atoms with Crippen molar-refractivity contribution in [1.82, 2.24) is 10.3 Å². The van der Waals surface area contributed by atoms with Gasteiger partial charge in [-0.3, -0.25) is 15.4 Å². The molecule has 35 heavy (non-hydrogen) atoms. The molecule has 11 heteroatoms. The lowest BCUT2D eigenvalue weighted by Crippen LogP contribution is -2.40. The maximum atomic E-state index is 14.4. The highest BCUT2D eigenvalue weighted by molar-refractivity contribution is 5.91. The number of hydrogen-bond donors (Lipinski definition) is 3. The van der Waals surface area contributed by atoms with Gasteiger partial charge in [0.05, 0.1) is 11.0 Å². The maximum absolute atomic E-state index is 14.4. The summed E-state index contributed by atoms with van der Waals surface area (Å²) < 4.78 is 28.2. The number of amides is 2. The molecule has 0 bridgehead atoms. The van der Waals surface area contributed by atoms with Crippen LogP contribution in [0.25, 0.3) is 0 Å². The number of nitrogens with zero attached hydrogens (tertiary/aromatic N) is 3. The van der Waals surface area contributed by atoms with Gasteiger partial charge < -0.3 is 15.3 Å². The Balaban J connectivity index is 1.50. The number of hydrogen-bond acceptors (Lipinski definition) is 6. The summed E-state index contributed by atoms with van der Waals surface area (Å²) in [6.45, 7) is 0.660. The number of anilines is 2. The second-order valence-electron chi connectivity index (χ2n) is 9.14. The van der Waals surface area contributed by atoms with E-state index in [2.05, 4.69) is 15.6 Å². The first kappa shape index (κ1) is 24.8. The number of urea groups is 1. The molecular weight excluding hydrogens is 460 g/mol. The lowest BCUT2D eigenvalue weighted by atomic mass is 9.84. The van der Waals surface area contributed by atoms with E-state index in [9.17, 15) is 23.7 Å². The van der Waals surface area contributed by atoms with Crippen molar-refractivity contribution >= 4 is 23.4 Å². The molecule has 2 heterocycles. The van der Waals surface area contributed by atoms with Crippen molar-refractivity contribution in [3.63, 3.8) is 0 Å². The van der Waals surface area contributed by atoms with Crippen LogP contribution in [0.2, 0.25) is 0 Å². The average molecular weight is 490 g/mol. The summed E-state index contributed by atoms with van der Waals surface area (Å²) in [4.78, 5) is 29.7. The lowest BCUT2D eigenvalue weighted by molar-refractivity contribution is -0.384. The number of pyridine rings is 1. The quantitative estimate of drug-likeness (QED) is 0.384. The Labute approximate surface area is 201 Å². The van der Waals surface area contributed by atoms with Gasteiger partial charge in [-0.1, -0.05) is 0 Å². The predicted molar refractivity (Wildman–Crippen MR) is 126 cm³/mol. The Bertz CT molecular complexity index is 1080. The third kappa shape index (κ3) is 5.84. The standard InChI is InChI=1S/C24H29F2N5O4/c25-16-5-8-19(26)18(14-16)20-2-1-12-30(20)22-10-9-21(31(34)35)23(28-22)29-24(33)27-17-6-3-15(4-7-17)11-13-32/h5,8-10,14-15,17,20,32H,1-4,6-7,11-13H2,(H2,27,28,29,33). The van der Waals surface area contributed by atoms with Crippen molar-refractivity contribution in [2.75, 3.05) is 23.4 Å². The fraction of sp³-hybridized carbons (Fsp3) is 0.500. The molecule has 1 aliphatic heterocycles. The first-order valence-electron chi connectivity index (χ1n) is 11.9. The van der Waals surface area contributed by atoms with Crippen LogP contribution < -0.4 is 15.5 Å². The van der Waals surface area contributed by atoms with Gasteiger partial charge in [0.1, 0.15) is 17.5 Å². The van der Waals surface area contributed by atoms with Gasteiger partial charge in [0.2, 0.25) is 5.82 Å². The number of aliphatic hydroxyl groups excluding tert-OH is 1. The molecule has 2 aromatic rings. The average Bonchev–Trinajstić information content (AvgIpc) is 3.31. The van der Waals surface area contributed by atoms with Gasteiger partial charge in [-0.05, 0) is 75.1 Å². The summed E-state index contributed by atoms with van der Waals surface area (Å²) >= 11 is 0. The Morgan fingerprint density at radius 2 is 1.94 bits per heavy atom. The number of halogens is 2. The number of rotatable bonds is 7. The van der Waals surface area contributed by atoms with Gasteiger partial charge >= 0.3 is 11.7 Å². The molecule has 2 fully saturated rings. The van der Waals surface area contributed by atoms with E-state index >= 15 is 0 Å². The SMILES string of the molecule is O=C(Nc1nc(N2CCCC2c2cc(F)ccc2F)ccc1[N+](=O)[O-])NC1CCC(CCO)CC1. The molecule has 1 saturated heterocycles. The molecule has 2 aliphatic rings. The molecule has 2 amide bonds. The van der Waals surface area contributed by atoms with Crippen LogP contribution >= 0.6 is 0 Å². The number of nitrogens with one attached hydrogen (secondary N) is 2. The molecule has 0 spiro atoms. The molecular formula is C24H29F2N5O4. The summed E-state index contributed by atoms with van der Waals surface area (Å²) in [5.41, 5.74) is -0.157. The van der Waals surface area contributed by atoms with Gasteiger partial charge in [-0.2, -0.15) is 0 Å². The zero-order valence-corrected chi connectivity index (χ0v) is 19.3. The second kappa shape index (κ2) is 10.9. The van der Waals surface area contributed by atoms with Crippen LogP contribution in [0.5, 0.6) is 0 Å². The van der Waals surface area contributed by atoms with E-state index < -0.39 is 28.6 Å². The Hall–Kier alpha value is -3.34. The second-order valence-corrected chi connectivity index (χ2v) is 9.14. The molecule has 0 radical (unpaired) electrons. The monoisotopic (exact) mass is 489 g/mol. The van der Waals surface area contributed by atoms with E-state index in [0.717, 1.165) is 50.3 Å². The van der Waals surface area contributed by atoms with Crippen molar-refractivity contribution in [3.8, 4) is 0 Å². The van der Waals surface area contributed by atoms with Gasteiger partial charge in [0.15, 0.2) is 0 Å². The molecule has 1 aromatic carbocycles. The minimum Gasteiger partial charge on any atom is -0.396 e. The normalized spacial score (nSPS) is 22.1. The van der Waals surface area contributed by atoms with E-state index in [1.165, 1.54) is 12.1 Å². The third-order valence-corrected chi connectivity index (χ3v) is 6.87. The lowest BCUT2D eigenvalue weighted by Gasteiger charge is -2.29. The fourth-order valence-electron chi connectivity index (χ4n) is 5.08. The van der Waals surface area contributed by atoms with E-state index in [-0.39, 0.29) is 29.7 Å². The number of aliphatic hydroxyl groups is 1. The Morgan fingerprint density at radius 3 is 2.66 bits per heavy atom. The van der Waals surface area contributed by atoms with E-state index in [4.69, 9.17) is 5.11 Å². The predicted octanol–water partition coefficient (Wildman–Crippen LogP) is 4.67. The Morgan fingerprint density at radius 1 is 1.17 bits per heavy atom. The van der Waals surface area contributed by atoms with Crippen LogP contribution in [0.4, 0.5) is 30.9 Å². The summed E-state index contributed by atoms with van der Waals surface area (Å²) in [6, 6.07) is 4.89. The topological polar surface area (TPSA) is 121 Å². The molecule has 3 N–H and O–H groups in total. The molecule has 1 aliphatic carbocycles. The number of nitro groups is 1. The van der Waals surface area contributed by atoms with E-state index in [1.807, 2.05) is 0 Å². The number of aromatic nitrogens is 1. The minimum absolute atomic E-state index is 0.0638. The first-order chi connectivity index (χ1) is 16.9. The van der Waals surface area contributed by atoms with E-state index in [0.29, 0.717) is 31.1 Å². The van der Waals surface area contributed by atoms with Crippen molar-refractivity contribution in [2.24, 2.45) is 5.92 Å². The van der Waals surface area contributed by atoms with Gasteiger partial charge in [0, 0.05) is 30.8 Å². The van der Waals surface area contributed by atoms with Gasteiger partial charge in [-0.15, -0.1) is 0 Å². The third-order valence-electron chi connectivity index (χ3n) is 6.87. The van der Waals surface area contributed by atoms with Crippen LogP contribution in [0.3, 0.4) is 0 Å². The maximum Gasteiger partial charge on any atom is 0.320 e. The summed E-state index contributed by atoms with van der Waals surface area (Å²) in [7, 11) is 0. The highest BCUT2D eigenvalue weighted by atomic mass is 19.1. The van der Waals surface area contributed by atoms with Crippen molar-refractivity contribution in [1.29, 1.82) is 0 Å². The van der Waals surface area contributed by atoms with E-state index in [1.54, 1.807) is 4.90 Å². The minimum atomic E-state index is -0.625. The van der Waals surface area contributed by atoms with Crippen molar-refractivity contribution < 1.29 is 23.6 Å². The van der Waals surface area contributed by atoms with Crippen molar-refractivity contribution in [3.05, 3.63) is 57.6 Å². The molecule has 4 rings (SSSR count). The van der Waals surface area contributed by atoms with Gasteiger partial charge in [-0.25, -0.2) is 18.6 Å².